The summed E-state index contributed by atoms with van der Waals surface area (Å²) in [5.74, 6) is 1.12. The van der Waals surface area contributed by atoms with E-state index in [1.807, 2.05) is 0 Å². The number of rotatable bonds is 9. The van der Waals surface area contributed by atoms with Gasteiger partial charge in [-0.2, -0.15) is 0 Å². The molecular weight excluding hydrogens is 387 g/mol. The maximum Gasteiger partial charge on any atom is 0.226 e. The Morgan fingerprint density at radius 2 is 2.03 bits per heavy atom. The van der Waals surface area contributed by atoms with Crippen molar-refractivity contribution in [3.63, 3.8) is 0 Å². The van der Waals surface area contributed by atoms with Gasteiger partial charge >= 0.3 is 0 Å². The Labute approximate surface area is 177 Å². The Kier molecular flexibility index (Phi) is 8.65. The lowest BCUT2D eigenvalue weighted by atomic mass is 10.1. The summed E-state index contributed by atoms with van der Waals surface area (Å²) in [7, 11) is 3.52. The molecule has 0 bridgehead atoms. The van der Waals surface area contributed by atoms with Crippen molar-refractivity contribution in [2.75, 3.05) is 47.0 Å². The summed E-state index contributed by atoms with van der Waals surface area (Å²) in [6.07, 6.45) is 5.61. The van der Waals surface area contributed by atoms with Crippen molar-refractivity contribution in [2.45, 2.75) is 31.8 Å². The molecule has 0 amide bonds. The molecule has 30 heavy (non-hydrogen) atoms. The maximum absolute atomic E-state index is 13.1. The number of nitrogens with one attached hydrogen (secondary N) is 1. The number of oxazole rings is 1. The fourth-order valence-electron chi connectivity index (χ4n) is 3.47. The summed E-state index contributed by atoms with van der Waals surface area (Å²) in [5, 5.41) is 3.41. The van der Waals surface area contributed by atoms with Gasteiger partial charge in [-0.1, -0.05) is 0 Å². The van der Waals surface area contributed by atoms with Crippen LogP contribution in [0.5, 0.6) is 0 Å². The van der Waals surface area contributed by atoms with Crippen molar-refractivity contribution in [3.8, 4) is 11.5 Å². The molecule has 0 spiro atoms. The highest BCUT2D eigenvalue weighted by atomic mass is 19.1. The van der Waals surface area contributed by atoms with E-state index in [2.05, 4.69) is 20.2 Å². The molecule has 0 atom stereocenters. The number of aromatic nitrogens is 1. The van der Waals surface area contributed by atoms with Crippen molar-refractivity contribution in [1.82, 2.24) is 15.2 Å². The first-order chi connectivity index (χ1) is 14.7. The lowest BCUT2D eigenvalue weighted by Gasteiger charge is -2.34. The zero-order valence-electron chi connectivity index (χ0n) is 17.8. The third-order valence-electron chi connectivity index (χ3n) is 5.11. The summed E-state index contributed by atoms with van der Waals surface area (Å²) in [4.78, 5) is 11.2. The molecule has 0 saturated carbocycles. The fourth-order valence-corrected chi connectivity index (χ4v) is 3.47. The van der Waals surface area contributed by atoms with E-state index in [4.69, 9.17) is 13.9 Å². The second-order valence-electron chi connectivity index (χ2n) is 7.28. The van der Waals surface area contributed by atoms with Crippen LogP contribution in [0, 0.1) is 5.82 Å². The molecule has 7 nitrogen and oxygen atoms in total. The highest BCUT2D eigenvalue weighted by Gasteiger charge is 2.21. The number of hydrogen-bond donors (Lipinski definition) is 1. The van der Waals surface area contributed by atoms with E-state index in [-0.39, 0.29) is 5.82 Å². The van der Waals surface area contributed by atoms with Crippen LogP contribution in [-0.4, -0.2) is 69.0 Å². The van der Waals surface area contributed by atoms with Gasteiger partial charge in [0, 0.05) is 59.0 Å². The monoisotopic (exact) mass is 418 g/mol. The number of halogens is 1. The van der Waals surface area contributed by atoms with Gasteiger partial charge in [0.15, 0.2) is 5.96 Å². The van der Waals surface area contributed by atoms with Crippen LogP contribution in [0.15, 0.2) is 39.9 Å². The minimum Gasteiger partial charge on any atom is -0.444 e. The van der Waals surface area contributed by atoms with Crippen molar-refractivity contribution in [2.24, 2.45) is 4.99 Å². The van der Waals surface area contributed by atoms with Crippen LogP contribution in [0.4, 0.5) is 4.39 Å². The standard InChI is InChI=1S/C22H31FN4O3/c1-24-22(27-12-9-20(10-13-27)29-15-3-14-28-2)25-11-8-19-16-30-21(26-19)17-4-6-18(23)7-5-17/h4-7,16,20H,3,8-15H2,1-2H3,(H,24,25). The van der Waals surface area contributed by atoms with Crippen molar-refractivity contribution in [1.29, 1.82) is 0 Å². The number of likely N-dealkylation sites (tertiary alicyclic amines) is 1. The van der Waals surface area contributed by atoms with Crippen molar-refractivity contribution >= 4 is 5.96 Å². The molecule has 2 aromatic rings. The molecule has 164 valence electrons. The average Bonchev–Trinajstić information content (AvgIpc) is 3.24. The van der Waals surface area contributed by atoms with Gasteiger partial charge in [0.05, 0.1) is 11.8 Å². The van der Waals surface area contributed by atoms with Crippen molar-refractivity contribution in [3.05, 3.63) is 42.0 Å². The molecule has 3 rings (SSSR count). The predicted molar refractivity (Wildman–Crippen MR) is 114 cm³/mol. The molecule has 1 aliphatic rings. The molecule has 1 aromatic carbocycles. The zero-order valence-corrected chi connectivity index (χ0v) is 17.8. The fraction of sp³-hybridized carbons (Fsp3) is 0.545. The smallest absolute Gasteiger partial charge is 0.226 e. The summed E-state index contributed by atoms with van der Waals surface area (Å²) < 4.78 is 29.6. The summed E-state index contributed by atoms with van der Waals surface area (Å²) in [6, 6.07) is 6.13. The molecule has 8 heteroatoms. The Hall–Kier alpha value is -2.45. The summed E-state index contributed by atoms with van der Waals surface area (Å²) >= 11 is 0. The highest BCUT2D eigenvalue weighted by molar-refractivity contribution is 5.79. The second kappa shape index (κ2) is 11.7. The third kappa shape index (κ3) is 6.53. The van der Waals surface area contributed by atoms with Crippen LogP contribution in [0.1, 0.15) is 25.0 Å². The van der Waals surface area contributed by atoms with Crippen LogP contribution >= 0.6 is 0 Å². The molecule has 1 aliphatic heterocycles. The van der Waals surface area contributed by atoms with E-state index in [9.17, 15) is 4.39 Å². The van der Waals surface area contributed by atoms with Crippen molar-refractivity contribution < 1.29 is 18.3 Å². The molecular formula is C22H31FN4O3. The number of benzene rings is 1. The normalized spacial score (nSPS) is 15.6. The molecule has 1 N–H and O–H groups in total. The largest absolute Gasteiger partial charge is 0.444 e. The van der Waals surface area contributed by atoms with E-state index in [1.165, 1.54) is 12.1 Å². The number of piperidine rings is 1. The predicted octanol–water partition coefficient (Wildman–Crippen LogP) is 3.12. The molecule has 2 heterocycles. The number of hydrogen-bond acceptors (Lipinski definition) is 5. The quantitative estimate of drug-likeness (QED) is 0.383. The molecule has 1 saturated heterocycles. The Bertz CT molecular complexity index is 786. The number of ether oxygens (including phenoxy) is 2. The van der Waals surface area contributed by atoms with Crippen LogP contribution < -0.4 is 5.32 Å². The van der Waals surface area contributed by atoms with Crippen LogP contribution in [-0.2, 0) is 15.9 Å². The number of methoxy groups -OCH3 is 1. The Morgan fingerprint density at radius 3 is 2.73 bits per heavy atom. The van der Waals surface area contributed by atoms with Crippen LogP contribution in [0.25, 0.3) is 11.5 Å². The number of nitrogens with zero attached hydrogens (tertiary/aromatic N) is 3. The first-order valence-electron chi connectivity index (χ1n) is 10.5. The average molecular weight is 419 g/mol. The Morgan fingerprint density at radius 1 is 1.27 bits per heavy atom. The van der Waals surface area contributed by atoms with Gasteiger partial charge in [-0.05, 0) is 43.5 Å². The lowest BCUT2D eigenvalue weighted by molar-refractivity contribution is 0.00991. The molecule has 0 aliphatic carbocycles. The van der Waals surface area contributed by atoms with Crippen LogP contribution in [0.2, 0.25) is 0 Å². The molecule has 0 unspecified atom stereocenters. The van der Waals surface area contributed by atoms with E-state index in [0.717, 1.165) is 62.8 Å². The topological polar surface area (TPSA) is 72.1 Å². The first-order valence-corrected chi connectivity index (χ1v) is 10.5. The van der Waals surface area contributed by atoms with Gasteiger partial charge in [0.25, 0.3) is 0 Å². The second-order valence-corrected chi connectivity index (χ2v) is 7.28. The number of guanidine groups is 1. The SMILES string of the molecule is CN=C(NCCc1coc(-c2ccc(F)cc2)n1)N1CCC(OCCCOC)CC1. The van der Waals surface area contributed by atoms with Gasteiger partial charge in [0.1, 0.15) is 12.1 Å². The summed E-state index contributed by atoms with van der Waals surface area (Å²) in [6.45, 7) is 4.05. The molecule has 0 radical (unpaired) electrons. The Balaban J connectivity index is 1.39. The lowest BCUT2D eigenvalue weighted by Crippen LogP contribution is -2.47. The highest BCUT2D eigenvalue weighted by Crippen LogP contribution is 2.19. The van der Waals surface area contributed by atoms with Gasteiger partial charge in [-0.25, -0.2) is 9.37 Å². The minimum absolute atomic E-state index is 0.275. The molecule has 1 aromatic heterocycles. The van der Waals surface area contributed by atoms with E-state index in [1.54, 1.807) is 32.6 Å². The maximum atomic E-state index is 13.1. The van der Waals surface area contributed by atoms with E-state index >= 15 is 0 Å². The summed E-state index contributed by atoms with van der Waals surface area (Å²) in [5.41, 5.74) is 1.61. The van der Waals surface area contributed by atoms with Crippen LogP contribution in [0.3, 0.4) is 0 Å². The number of aliphatic imine (C=N–C) groups is 1. The van der Waals surface area contributed by atoms with E-state index < -0.39 is 0 Å². The van der Waals surface area contributed by atoms with Gasteiger partial charge < -0.3 is 24.1 Å². The first kappa shape index (κ1) is 22.2. The van der Waals surface area contributed by atoms with Gasteiger partial charge in [0.2, 0.25) is 5.89 Å². The van der Waals surface area contributed by atoms with Gasteiger partial charge in [-0.15, -0.1) is 0 Å². The molecule has 1 fully saturated rings. The zero-order chi connectivity index (χ0) is 21.2. The third-order valence-corrected chi connectivity index (χ3v) is 5.11. The van der Waals surface area contributed by atoms with Gasteiger partial charge in [-0.3, -0.25) is 4.99 Å². The van der Waals surface area contributed by atoms with E-state index in [0.29, 0.717) is 25.0 Å². The minimum atomic E-state index is -0.275.